The van der Waals surface area contributed by atoms with E-state index in [1.165, 1.54) is 30.5 Å². The third kappa shape index (κ3) is 2.47. The van der Waals surface area contributed by atoms with Crippen molar-refractivity contribution in [3.05, 3.63) is 11.6 Å². The Morgan fingerprint density at radius 3 is 2.83 bits per heavy atom. The summed E-state index contributed by atoms with van der Waals surface area (Å²) in [5, 5.41) is 0. The fourth-order valence-electron chi connectivity index (χ4n) is 1.61. The van der Waals surface area contributed by atoms with Crippen LogP contribution in [0.5, 0.6) is 0 Å². The van der Waals surface area contributed by atoms with Crippen LogP contribution in [-0.4, -0.2) is 12.3 Å². The van der Waals surface area contributed by atoms with Crippen molar-refractivity contribution in [3.8, 4) is 0 Å². The molecule has 0 heterocycles. The molecule has 0 aromatic carbocycles. The highest BCUT2D eigenvalue weighted by molar-refractivity contribution is 5.99. The molecule has 1 heteroatoms. The summed E-state index contributed by atoms with van der Waals surface area (Å²) in [6.07, 6.45) is 5.93. The van der Waals surface area contributed by atoms with Gasteiger partial charge in [0.25, 0.3) is 0 Å². The van der Waals surface area contributed by atoms with Crippen LogP contribution in [0.2, 0.25) is 0 Å². The van der Waals surface area contributed by atoms with Gasteiger partial charge in [0.1, 0.15) is 0 Å². The molecule has 12 heavy (non-hydrogen) atoms. The van der Waals surface area contributed by atoms with E-state index < -0.39 is 0 Å². The quantitative estimate of drug-likeness (QED) is 0.569. The Morgan fingerprint density at radius 2 is 2.33 bits per heavy atom. The summed E-state index contributed by atoms with van der Waals surface area (Å²) >= 11 is 0. The number of aliphatic imine (C=N–C) groups is 1. The fraction of sp³-hybridized carbons (Fsp3) is 0.727. The summed E-state index contributed by atoms with van der Waals surface area (Å²) < 4.78 is 0. The van der Waals surface area contributed by atoms with Crippen LogP contribution in [0.4, 0.5) is 0 Å². The van der Waals surface area contributed by atoms with Crippen molar-refractivity contribution >= 4 is 5.71 Å². The van der Waals surface area contributed by atoms with E-state index in [0.717, 1.165) is 6.54 Å². The van der Waals surface area contributed by atoms with Crippen LogP contribution in [-0.2, 0) is 0 Å². The number of nitrogens with zero attached hydrogens (tertiary/aromatic N) is 1. The second kappa shape index (κ2) is 4.44. The van der Waals surface area contributed by atoms with E-state index in [2.05, 4.69) is 31.8 Å². The van der Waals surface area contributed by atoms with Crippen LogP contribution < -0.4 is 0 Å². The van der Waals surface area contributed by atoms with Gasteiger partial charge in [-0.1, -0.05) is 25.8 Å². The SMILES string of the molecule is CCCC/N=C1/C=C(C)CC1C. The third-order valence-corrected chi connectivity index (χ3v) is 2.33. The lowest BCUT2D eigenvalue weighted by Crippen LogP contribution is -2.02. The maximum Gasteiger partial charge on any atom is 0.0392 e. The zero-order valence-electron chi connectivity index (χ0n) is 8.43. The van der Waals surface area contributed by atoms with E-state index in [1.807, 2.05) is 0 Å². The Hall–Kier alpha value is -0.590. The lowest BCUT2D eigenvalue weighted by Gasteiger charge is -2.02. The van der Waals surface area contributed by atoms with E-state index >= 15 is 0 Å². The zero-order valence-corrected chi connectivity index (χ0v) is 8.43. The minimum atomic E-state index is 0.668. The first-order valence-electron chi connectivity index (χ1n) is 4.95. The van der Waals surface area contributed by atoms with E-state index in [-0.39, 0.29) is 0 Å². The van der Waals surface area contributed by atoms with Gasteiger partial charge >= 0.3 is 0 Å². The lowest BCUT2D eigenvalue weighted by atomic mass is 10.1. The molecule has 0 aromatic rings. The Morgan fingerprint density at radius 1 is 1.58 bits per heavy atom. The maximum atomic E-state index is 4.58. The van der Waals surface area contributed by atoms with Crippen molar-refractivity contribution in [1.82, 2.24) is 0 Å². The largest absolute Gasteiger partial charge is 0.289 e. The molecule has 0 aromatic heterocycles. The smallest absolute Gasteiger partial charge is 0.0392 e. The van der Waals surface area contributed by atoms with Crippen LogP contribution >= 0.6 is 0 Å². The second-order valence-electron chi connectivity index (χ2n) is 3.76. The van der Waals surface area contributed by atoms with Crippen LogP contribution in [0.15, 0.2) is 16.6 Å². The molecule has 1 nitrogen and oxygen atoms in total. The van der Waals surface area contributed by atoms with Gasteiger partial charge < -0.3 is 0 Å². The summed E-state index contributed by atoms with van der Waals surface area (Å²) in [7, 11) is 0. The molecule has 1 unspecified atom stereocenters. The van der Waals surface area contributed by atoms with Gasteiger partial charge in [-0.05, 0) is 25.8 Å². The van der Waals surface area contributed by atoms with Crippen molar-refractivity contribution in [1.29, 1.82) is 0 Å². The van der Waals surface area contributed by atoms with Gasteiger partial charge in [0.2, 0.25) is 0 Å². The van der Waals surface area contributed by atoms with E-state index in [0.29, 0.717) is 5.92 Å². The van der Waals surface area contributed by atoms with Crippen LogP contribution in [0.25, 0.3) is 0 Å². The molecule has 0 spiro atoms. The van der Waals surface area contributed by atoms with Crippen LogP contribution in [0, 0.1) is 5.92 Å². The molecule has 0 bridgehead atoms. The van der Waals surface area contributed by atoms with Gasteiger partial charge in [0.15, 0.2) is 0 Å². The van der Waals surface area contributed by atoms with Crippen molar-refractivity contribution < 1.29 is 0 Å². The van der Waals surface area contributed by atoms with Gasteiger partial charge in [0.05, 0.1) is 0 Å². The first-order chi connectivity index (χ1) is 5.74. The number of allylic oxidation sites excluding steroid dienone is 2. The molecule has 1 rings (SSSR count). The second-order valence-corrected chi connectivity index (χ2v) is 3.76. The molecule has 0 amide bonds. The highest BCUT2D eigenvalue weighted by Crippen LogP contribution is 2.21. The molecule has 0 saturated heterocycles. The van der Waals surface area contributed by atoms with E-state index in [4.69, 9.17) is 0 Å². The molecule has 68 valence electrons. The van der Waals surface area contributed by atoms with Gasteiger partial charge in [-0.2, -0.15) is 0 Å². The average molecular weight is 165 g/mol. The molecule has 0 aliphatic heterocycles. The standard InChI is InChI=1S/C11H19N/c1-4-5-6-12-11-8-9(2)7-10(11)3/h8,10H,4-7H2,1-3H3/b12-11-. The Balaban J connectivity index is 2.45. The van der Waals surface area contributed by atoms with Gasteiger partial charge in [-0.15, -0.1) is 0 Å². The lowest BCUT2D eigenvalue weighted by molar-refractivity contribution is 0.765. The maximum absolute atomic E-state index is 4.58. The van der Waals surface area contributed by atoms with Crippen molar-refractivity contribution in [2.75, 3.05) is 6.54 Å². The molecule has 0 N–H and O–H groups in total. The minimum absolute atomic E-state index is 0.668. The van der Waals surface area contributed by atoms with Gasteiger partial charge in [-0.25, -0.2) is 0 Å². The zero-order chi connectivity index (χ0) is 8.97. The predicted octanol–water partition coefficient (Wildman–Crippen LogP) is 3.21. The Kier molecular flexibility index (Phi) is 3.51. The number of rotatable bonds is 3. The fourth-order valence-corrected chi connectivity index (χ4v) is 1.61. The van der Waals surface area contributed by atoms with Crippen LogP contribution in [0.3, 0.4) is 0 Å². The summed E-state index contributed by atoms with van der Waals surface area (Å²) in [4.78, 5) is 4.58. The topological polar surface area (TPSA) is 12.4 Å². The first kappa shape index (κ1) is 9.50. The number of unbranched alkanes of at least 4 members (excludes halogenated alkanes) is 1. The molecular weight excluding hydrogens is 146 g/mol. The van der Waals surface area contributed by atoms with Crippen molar-refractivity contribution in [2.24, 2.45) is 10.9 Å². The number of hydrogen-bond donors (Lipinski definition) is 0. The molecule has 1 atom stereocenters. The molecule has 1 aliphatic rings. The third-order valence-electron chi connectivity index (χ3n) is 2.33. The molecule has 1 aliphatic carbocycles. The van der Waals surface area contributed by atoms with Gasteiger partial charge in [0, 0.05) is 18.2 Å². The highest BCUT2D eigenvalue weighted by atomic mass is 14.7. The minimum Gasteiger partial charge on any atom is -0.289 e. The molecule has 0 radical (unpaired) electrons. The molecule has 0 saturated carbocycles. The summed E-state index contributed by atoms with van der Waals surface area (Å²) in [5.74, 6) is 0.668. The summed E-state index contributed by atoms with van der Waals surface area (Å²) in [6.45, 7) is 7.68. The predicted molar refractivity (Wildman–Crippen MR) is 54.7 cm³/mol. The van der Waals surface area contributed by atoms with E-state index in [9.17, 15) is 0 Å². The number of hydrogen-bond acceptors (Lipinski definition) is 1. The van der Waals surface area contributed by atoms with Crippen molar-refractivity contribution in [3.63, 3.8) is 0 Å². The summed E-state index contributed by atoms with van der Waals surface area (Å²) in [5.41, 5.74) is 2.80. The normalized spacial score (nSPS) is 26.4. The highest BCUT2D eigenvalue weighted by Gasteiger charge is 2.15. The van der Waals surface area contributed by atoms with Crippen LogP contribution in [0.1, 0.15) is 40.0 Å². The van der Waals surface area contributed by atoms with Gasteiger partial charge in [-0.3, -0.25) is 4.99 Å². The Labute approximate surface area is 75.6 Å². The van der Waals surface area contributed by atoms with E-state index in [1.54, 1.807) is 0 Å². The molecular formula is C11H19N. The first-order valence-corrected chi connectivity index (χ1v) is 4.95. The Bertz CT molecular complexity index is 201. The monoisotopic (exact) mass is 165 g/mol. The molecule has 0 fully saturated rings. The summed E-state index contributed by atoms with van der Waals surface area (Å²) in [6, 6.07) is 0. The van der Waals surface area contributed by atoms with Crippen molar-refractivity contribution in [2.45, 2.75) is 40.0 Å². The average Bonchev–Trinajstić information content (AvgIpc) is 2.31.